The molecule has 0 spiro atoms. The molecule has 1 aliphatic rings. The van der Waals surface area contributed by atoms with Crippen molar-refractivity contribution in [3.8, 4) is 11.5 Å². The minimum absolute atomic E-state index is 0.152. The number of carbonyl (C=O) groups is 1. The van der Waals surface area contributed by atoms with Crippen LogP contribution in [0.25, 0.3) is 0 Å². The molecule has 0 atom stereocenters. The van der Waals surface area contributed by atoms with E-state index in [0.717, 1.165) is 0 Å². The molecule has 1 fully saturated rings. The lowest BCUT2D eigenvalue weighted by molar-refractivity contribution is -0.146. The van der Waals surface area contributed by atoms with Gasteiger partial charge in [0.15, 0.2) is 9.84 Å². The Bertz CT molecular complexity index is 975. The Morgan fingerprint density at radius 2 is 1.58 bits per heavy atom. The van der Waals surface area contributed by atoms with Gasteiger partial charge in [0.2, 0.25) is 5.91 Å². The highest BCUT2D eigenvalue weighted by Gasteiger charge is 2.47. The molecule has 0 aliphatic carbocycles. The van der Waals surface area contributed by atoms with E-state index in [1.165, 1.54) is 12.1 Å². The Morgan fingerprint density at radius 3 is 2.16 bits per heavy atom. The van der Waals surface area contributed by atoms with Crippen molar-refractivity contribution in [2.45, 2.75) is 55.3 Å². The zero-order valence-corrected chi connectivity index (χ0v) is 18.9. The summed E-state index contributed by atoms with van der Waals surface area (Å²) < 4.78 is 37.1. The van der Waals surface area contributed by atoms with Crippen molar-refractivity contribution in [2.24, 2.45) is 0 Å². The maximum Gasteiger partial charge on any atom is 0.245 e. The van der Waals surface area contributed by atoms with E-state index >= 15 is 0 Å². The molecule has 0 radical (unpaired) electrons. The number of rotatable bonds is 7. The normalized spacial score (nSPS) is 16.5. The van der Waals surface area contributed by atoms with Crippen LogP contribution in [0.3, 0.4) is 0 Å². The fraction of sp³-hybridized carbons (Fsp3) is 0.435. The molecular formula is C23H29NO6S. The van der Waals surface area contributed by atoms with Crippen molar-refractivity contribution < 1.29 is 27.5 Å². The monoisotopic (exact) mass is 447 g/mol. The first kappa shape index (κ1) is 23.2. The molecule has 1 aliphatic heterocycles. The van der Waals surface area contributed by atoms with Gasteiger partial charge in [0.05, 0.1) is 15.2 Å². The Kier molecular flexibility index (Phi) is 7.03. The van der Waals surface area contributed by atoms with E-state index in [2.05, 4.69) is 5.48 Å². The molecule has 2 aromatic rings. The molecule has 0 bridgehead atoms. The minimum Gasteiger partial charge on any atom is -0.457 e. The summed E-state index contributed by atoms with van der Waals surface area (Å²) in [5.41, 5.74) is 1.81. The van der Waals surface area contributed by atoms with Gasteiger partial charge >= 0.3 is 0 Å². The highest BCUT2D eigenvalue weighted by atomic mass is 32.2. The number of amides is 1. The molecule has 1 saturated heterocycles. The van der Waals surface area contributed by atoms with Gasteiger partial charge in [-0.2, -0.15) is 0 Å². The standard InChI is InChI=1S/C23H29NO6S/c1-22(2,3)30-24-21(25)17-23(13-15-28-16-14-23)31(26,27)20-11-9-19(10-12-20)29-18-7-5-4-6-8-18/h4-12H,13-17H2,1-3H3,(H,24,25). The number of benzene rings is 2. The summed E-state index contributed by atoms with van der Waals surface area (Å²) in [5.74, 6) is 0.724. The van der Waals surface area contributed by atoms with Gasteiger partial charge in [-0.05, 0) is 70.0 Å². The van der Waals surface area contributed by atoms with Crippen molar-refractivity contribution >= 4 is 15.7 Å². The van der Waals surface area contributed by atoms with Crippen LogP contribution in [0.4, 0.5) is 0 Å². The van der Waals surface area contributed by atoms with Gasteiger partial charge in [-0.15, -0.1) is 0 Å². The second-order valence-corrected chi connectivity index (χ2v) is 10.9. The topological polar surface area (TPSA) is 90.9 Å². The maximum absolute atomic E-state index is 13.6. The van der Waals surface area contributed by atoms with E-state index in [1.807, 2.05) is 30.3 Å². The van der Waals surface area contributed by atoms with Crippen molar-refractivity contribution in [3.05, 3.63) is 54.6 Å². The third kappa shape index (κ3) is 5.84. The van der Waals surface area contributed by atoms with Crippen LogP contribution >= 0.6 is 0 Å². The van der Waals surface area contributed by atoms with E-state index in [1.54, 1.807) is 32.9 Å². The Hall–Kier alpha value is -2.42. The van der Waals surface area contributed by atoms with E-state index in [-0.39, 0.29) is 37.4 Å². The Labute approximate surface area is 183 Å². The minimum atomic E-state index is -3.81. The number of hydroxylamine groups is 1. The van der Waals surface area contributed by atoms with Crippen LogP contribution in [0.1, 0.15) is 40.0 Å². The van der Waals surface area contributed by atoms with Gasteiger partial charge < -0.3 is 9.47 Å². The van der Waals surface area contributed by atoms with Gasteiger partial charge in [0.25, 0.3) is 0 Å². The number of hydrogen-bond acceptors (Lipinski definition) is 6. The zero-order chi connectivity index (χ0) is 22.5. The van der Waals surface area contributed by atoms with Crippen LogP contribution in [0, 0.1) is 0 Å². The van der Waals surface area contributed by atoms with Crippen LogP contribution in [0.5, 0.6) is 11.5 Å². The zero-order valence-electron chi connectivity index (χ0n) is 18.1. The SMILES string of the molecule is CC(C)(C)ONC(=O)CC1(S(=O)(=O)c2ccc(Oc3ccccc3)cc2)CCOCC1. The molecule has 0 saturated carbocycles. The highest BCUT2D eigenvalue weighted by Crippen LogP contribution is 2.38. The van der Waals surface area contributed by atoms with Crippen molar-refractivity contribution in [3.63, 3.8) is 0 Å². The van der Waals surface area contributed by atoms with Gasteiger partial charge in [-0.25, -0.2) is 13.9 Å². The molecule has 2 aromatic carbocycles. The molecule has 0 unspecified atom stereocenters. The average Bonchev–Trinajstić information content (AvgIpc) is 2.73. The number of sulfone groups is 1. The molecular weight excluding hydrogens is 418 g/mol. The number of ether oxygens (including phenoxy) is 2. The molecule has 3 rings (SSSR count). The van der Waals surface area contributed by atoms with Crippen molar-refractivity contribution in [1.82, 2.24) is 5.48 Å². The first-order valence-electron chi connectivity index (χ1n) is 10.2. The van der Waals surface area contributed by atoms with Gasteiger partial charge in [0.1, 0.15) is 11.5 Å². The van der Waals surface area contributed by atoms with Crippen molar-refractivity contribution in [1.29, 1.82) is 0 Å². The summed E-state index contributed by atoms with van der Waals surface area (Å²) in [6, 6.07) is 15.5. The molecule has 0 aromatic heterocycles. The fourth-order valence-corrected chi connectivity index (χ4v) is 5.40. The van der Waals surface area contributed by atoms with Gasteiger partial charge in [-0.3, -0.25) is 9.63 Å². The predicted molar refractivity (Wildman–Crippen MR) is 117 cm³/mol. The smallest absolute Gasteiger partial charge is 0.245 e. The van der Waals surface area contributed by atoms with Crippen LogP contribution < -0.4 is 10.2 Å². The van der Waals surface area contributed by atoms with Crippen LogP contribution in [-0.2, 0) is 24.2 Å². The van der Waals surface area contributed by atoms with E-state index < -0.39 is 26.1 Å². The van der Waals surface area contributed by atoms with Gasteiger partial charge in [0, 0.05) is 19.6 Å². The van der Waals surface area contributed by atoms with E-state index in [4.69, 9.17) is 14.3 Å². The molecule has 168 valence electrons. The number of nitrogens with one attached hydrogen (secondary N) is 1. The summed E-state index contributed by atoms with van der Waals surface area (Å²) in [6.45, 7) is 5.96. The molecule has 31 heavy (non-hydrogen) atoms. The summed E-state index contributed by atoms with van der Waals surface area (Å²) in [5, 5.41) is 0. The van der Waals surface area contributed by atoms with E-state index in [0.29, 0.717) is 11.5 Å². The maximum atomic E-state index is 13.6. The highest BCUT2D eigenvalue weighted by molar-refractivity contribution is 7.92. The second kappa shape index (κ2) is 9.38. The predicted octanol–water partition coefficient (Wildman–Crippen LogP) is 4.04. The summed E-state index contributed by atoms with van der Waals surface area (Å²) in [6.07, 6.45) is 0.276. The second-order valence-electron chi connectivity index (χ2n) is 8.60. The van der Waals surface area contributed by atoms with E-state index in [9.17, 15) is 13.2 Å². The van der Waals surface area contributed by atoms with Crippen LogP contribution in [0.2, 0.25) is 0 Å². The molecule has 1 amide bonds. The molecule has 8 heteroatoms. The number of carbonyl (C=O) groups excluding carboxylic acids is 1. The third-order valence-electron chi connectivity index (χ3n) is 5.04. The first-order valence-corrected chi connectivity index (χ1v) is 11.7. The number of para-hydroxylation sites is 1. The molecule has 1 heterocycles. The van der Waals surface area contributed by atoms with Crippen LogP contribution in [-0.4, -0.2) is 37.9 Å². The lowest BCUT2D eigenvalue weighted by Crippen LogP contribution is -2.48. The fourth-order valence-electron chi connectivity index (χ4n) is 3.38. The largest absolute Gasteiger partial charge is 0.457 e. The Morgan fingerprint density at radius 1 is 1.00 bits per heavy atom. The quantitative estimate of drug-likeness (QED) is 0.644. The molecule has 7 nitrogen and oxygen atoms in total. The lowest BCUT2D eigenvalue weighted by Gasteiger charge is -2.36. The number of hydrogen-bond donors (Lipinski definition) is 1. The third-order valence-corrected chi connectivity index (χ3v) is 7.63. The Balaban J connectivity index is 1.80. The average molecular weight is 448 g/mol. The summed E-state index contributed by atoms with van der Waals surface area (Å²) in [7, 11) is -3.81. The summed E-state index contributed by atoms with van der Waals surface area (Å²) in [4.78, 5) is 18.0. The van der Waals surface area contributed by atoms with Gasteiger partial charge in [-0.1, -0.05) is 18.2 Å². The van der Waals surface area contributed by atoms with Crippen LogP contribution in [0.15, 0.2) is 59.5 Å². The lowest BCUT2D eigenvalue weighted by atomic mass is 9.95. The van der Waals surface area contributed by atoms with Crippen molar-refractivity contribution in [2.75, 3.05) is 13.2 Å². The molecule has 1 N–H and O–H groups in total. The first-order chi connectivity index (χ1) is 14.6. The summed E-state index contributed by atoms with van der Waals surface area (Å²) >= 11 is 0.